The molecule has 1 saturated carbocycles. The molecule has 3 saturated heterocycles. The summed E-state index contributed by atoms with van der Waals surface area (Å²) in [4.78, 5) is 44.6. The number of benzene rings is 1. The minimum atomic E-state index is -0.527. The van der Waals surface area contributed by atoms with Crippen LogP contribution in [-0.4, -0.2) is 76.5 Å². The highest BCUT2D eigenvalue weighted by molar-refractivity contribution is 5.96. The van der Waals surface area contributed by atoms with Gasteiger partial charge in [0.15, 0.2) is 0 Å². The molecule has 1 aromatic carbocycles. The van der Waals surface area contributed by atoms with Gasteiger partial charge in [-0.15, -0.1) is 0 Å². The highest BCUT2D eigenvalue weighted by Gasteiger charge is 2.36. The summed E-state index contributed by atoms with van der Waals surface area (Å²) in [6, 6.07) is 12.1. The van der Waals surface area contributed by atoms with E-state index in [1.54, 1.807) is 24.3 Å². The van der Waals surface area contributed by atoms with Gasteiger partial charge in [-0.05, 0) is 81.1 Å². The number of anilines is 3. The van der Waals surface area contributed by atoms with Crippen LogP contribution in [0.3, 0.4) is 0 Å². The number of aromatic nitrogens is 3. The Morgan fingerprint density at radius 1 is 1.02 bits per heavy atom. The molecule has 0 spiro atoms. The smallest absolute Gasteiger partial charge is 0.259 e. The fourth-order valence-corrected chi connectivity index (χ4v) is 6.62. The SMILES string of the molecule is CN1CCN(c2ccc(Nc3cc(-c4ccc(C(=O)N5CC6CCC5CC6)cc4F)nc4cc[nH]c(=O)c34)nc2)CC1. The van der Waals surface area contributed by atoms with E-state index in [4.69, 9.17) is 0 Å². The van der Waals surface area contributed by atoms with Crippen molar-refractivity contribution >= 4 is 34.0 Å². The zero-order valence-electron chi connectivity index (χ0n) is 23.6. The van der Waals surface area contributed by atoms with Crippen LogP contribution >= 0.6 is 0 Å². The molecule has 9 nitrogen and oxygen atoms in total. The first-order valence-electron chi connectivity index (χ1n) is 14.7. The number of carbonyl (C=O) groups is 1. The summed E-state index contributed by atoms with van der Waals surface area (Å²) in [7, 11) is 2.12. The molecule has 3 aromatic heterocycles. The number of halogens is 1. The second-order valence-corrected chi connectivity index (χ2v) is 11.8. The Labute approximate surface area is 243 Å². The molecular weight excluding hydrogens is 533 g/mol. The summed E-state index contributed by atoms with van der Waals surface area (Å²) in [6.45, 7) is 4.63. The molecule has 1 amide bonds. The van der Waals surface area contributed by atoms with Gasteiger partial charge in [0.05, 0.1) is 34.2 Å². The normalized spacial score (nSPS) is 20.7. The Hall–Kier alpha value is -4.31. The van der Waals surface area contributed by atoms with Crippen molar-refractivity contribution in [3.05, 3.63) is 76.6 Å². The van der Waals surface area contributed by atoms with Gasteiger partial charge in [-0.25, -0.2) is 14.4 Å². The highest BCUT2D eigenvalue weighted by Crippen LogP contribution is 2.36. The van der Waals surface area contributed by atoms with Gasteiger partial charge in [-0.1, -0.05) is 0 Å². The number of hydrogen-bond donors (Lipinski definition) is 2. The van der Waals surface area contributed by atoms with Gasteiger partial charge in [0.1, 0.15) is 11.6 Å². The van der Waals surface area contributed by atoms with Gasteiger partial charge in [0.2, 0.25) is 0 Å². The fraction of sp³-hybridized carbons (Fsp3) is 0.375. The number of pyridine rings is 3. The van der Waals surface area contributed by atoms with Gasteiger partial charge >= 0.3 is 0 Å². The van der Waals surface area contributed by atoms with Crippen molar-refractivity contribution in [1.29, 1.82) is 0 Å². The first-order chi connectivity index (χ1) is 20.4. The van der Waals surface area contributed by atoms with Crippen LogP contribution in [0, 0.1) is 11.7 Å². The minimum Gasteiger partial charge on any atom is -0.368 e. The molecule has 4 aliphatic rings. The molecule has 0 unspecified atom stereocenters. The zero-order chi connectivity index (χ0) is 28.8. The third-order valence-electron chi connectivity index (χ3n) is 9.07. The Balaban J connectivity index is 1.18. The number of nitrogens with one attached hydrogen (secondary N) is 2. The summed E-state index contributed by atoms with van der Waals surface area (Å²) in [5, 5.41) is 3.62. The molecule has 10 heteroatoms. The third kappa shape index (κ3) is 5.00. The Morgan fingerprint density at radius 3 is 2.52 bits per heavy atom. The molecule has 2 N–H and O–H groups in total. The number of piperidine rings is 2. The van der Waals surface area contributed by atoms with Crippen molar-refractivity contribution in [1.82, 2.24) is 24.8 Å². The number of hydrogen-bond acceptors (Lipinski definition) is 7. The van der Waals surface area contributed by atoms with E-state index in [0.717, 1.165) is 51.3 Å². The number of rotatable bonds is 5. The molecule has 8 rings (SSSR count). The van der Waals surface area contributed by atoms with E-state index < -0.39 is 5.82 Å². The lowest BCUT2D eigenvalue weighted by Crippen LogP contribution is -2.50. The van der Waals surface area contributed by atoms with Crippen LogP contribution in [-0.2, 0) is 0 Å². The van der Waals surface area contributed by atoms with Crippen LogP contribution < -0.4 is 15.8 Å². The third-order valence-corrected chi connectivity index (χ3v) is 9.07. The first kappa shape index (κ1) is 26.6. The summed E-state index contributed by atoms with van der Waals surface area (Å²) in [6.07, 6.45) is 7.75. The molecular formula is C32H34FN7O2. The Bertz CT molecular complexity index is 1690. The van der Waals surface area contributed by atoms with Crippen molar-refractivity contribution in [2.24, 2.45) is 5.92 Å². The Morgan fingerprint density at radius 2 is 1.83 bits per heavy atom. The largest absolute Gasteiger partial charge is 0.368 e. The van der Waals surface area contributed by atoms with Gasteiger partial charge < -0.3 is 25.0 Å². The fourth-order valence-electron chi connectivity index (χ4n) is 6.62. The number of amides is 1. The van der Waals surface area contributed by atoms with Gasteiger partial charge in [0, 0.05) is 56.1 Å². The number of aromatic amines is 1. The topological polar surface area (TPSA) is 97.5 Å². The number of carbonyl (C=O) groups excluding carboxylic acids is 1. The summed E-state index contributed by atoms with van der Waals surface area (Å²) in [5.74, 6) is 0.477. The van der Waals surface area contributed by atoms with E-state index in [0.29, 0.717) is 39.6 Å². The van der Waals surface area contributed by atoms with Crippen LogP contribution in [0.5, 0.6) is 0 Å². The molecule has 42 heavy (non-hydrogen) atoms. The van der Waals surface area contributed by atoms with E-state index in [1.165, 1.54) is 25.1 Å². The van der Waals surface area contributed by atoms with Crippen molar-refractivity contribution in [3.63, 3.8) is 0 Å². The van der Waals surface area contributed by atoms with Crippen LogP contribution in [0.4, 0.5) is 21.6 Å². The van der Waals surface area contributed by atoms with Crippen LogP contribution in [0.25, 0.3) is 22.2 Å². The summed E-state index contributed by atoms with van der Waals surface area (Å²) in [5.41, 5.74) is 2.61. The molecule has 3 aliphatic heterocycles. The van der Waals surface area contributed by atoms with E-state index in [1.807, 2.05) is 23.2 Å². The van der Waals surface area contributed by atoms with E-state index in [2.05, 4.69) is 37.1 Å². The predicted molar refractivity (Wildman–Crippen MR) is 162 cm³/mol. The monoisotopic (exact) mass is 567 g/mol. The number of fused-ring (bicyclic) bond motifs is 4. The van der Waals surface area contributed by atoms with Crippen molar-refractivity contribution < 1.29 is 9.18 Å². The molecule has 0 radical (unpaired) electrons. The Kier molecular flexibility index (Phi) is 6.85. The quantitative estimate of drug-likeness (QED) is 0.363. The van der Waals surface area contributed by atoms with Crippen LogP contribution in [0.2, 0.25) is 0 Å². The molecule has 0 atom stereocenters. The molecule has 4 fully saturated rings. The predicted octanol–water partition coefficient (Wildman–Crippen LogP) is 4.63. The lowest BCUT2D eigenvalue weighted by Gasteiger charge is -2.45. The first-order valence-corrected chi connectivity index (χ1v) is 14.7. The summed E-state index contributed by atoms with van der Waals surface area (Å²) >= 11 is 0. The van der Waals surface area contributed by atoms with Crippen LogP contribution in [0.15, 0.2) is 59.7 Å². The van der Waals surface area contributed by atoms with E-state index in [-0.39, 0.29) is 23.1 Å². The van der Waals surface area contributed by atoms with Gasteiger partial charge in [-0.2, -0.15) is 0 Å². The van der Waals surface area contributed by atoms with E-state index in [9.17, 15) is 9.59 Å². The maximum absolute atomic E-state index is 15.6. The standard InChI is InChI=1S/C32H34FN7O2/c1-38-12-14-39(15-13-38)23-7-9-29(35-18-23)37-28-17-27(36-26-10-11-34-31(41)30(26)28)24-8-4-21(16-25(24)33)32(42)40-19-20-2-5-22(40)6-3-20/h4,7-11,16-18,20,22H,2-3,5-6,12-15,19H2,1H3,(H,34,41)(H,35,36,37). The molecule has 6 heterocycles. The van der Waals surface area contributed by atoms with Crippen molar-refractivity contribution in [2.45, 2.75) is 31.7 Å². The van der Waals surface area contributed by atoms with Gasteiger partial charge in [-0.3, -0.25) is 9.59 Å². The van der Waals surface area contributed by atoms with E-state index >= 15 is 4.39 Å². The minimum absolute atomic E-state index is 0.110. The average molecular weight is 568 g/mol. The number of piperazine rings is 1. The van der Waals surface area contributed by atoms with Crippen LogP contribution in [0.1, 0.15) is 36.0 Å². The molecule has 4 aromatic rings. The zero-order valence-corrected chi connectivity index (χ0v) is 23.6. The maximum Gasteiger partial charge on any atom is 0.259 e. The van der Waals surface area contributed by atoms with Gasteiger partial charge in [0.25, 0.3) is 11.5 Å². The highest BCUT2D eigenvalue weighted by atomic mass is 19.1. The molecule has 2 bridgehead atoms. The molecule has 216 valence electrons. The second-order valence-electron chi connectivity index (χ2n) is 11.8. The lowest BCUT2D eigenvalue weighted by atomic mass is 9.79. The lowest BCUT2D eigenvalue weighted by molar-refractivity contribution is 0.0333. The molecule has 1 aliphatic carbocycles. The van der Waals surface area contributed by atoms with Crippen molar-refractivity contribution in [2.75, 3.05) is 50.0 Å². The second kappa shape index (κ2) is 10.8. The maximum atomic E-state index is 15.6. The number of nitrogens with zero attached hydrogens (tertiary/aromatic N) is 5. The van der Waals surface area contributed by atoms with Crippen molar-refractivity contribution in [3.8, 4) is 11.3 Å². The average Bonchev–Trinajstić information content (AvgIpc) is 3.02. The number of H-pyrrole nitrogens is 1. The summed E-state index contributed by atoms with van der Waals surface area (Å²) < 4.78 is 15.6. The number of likely N-dealkylation sites (N-methyl/N-ethyl adjacent to an activating group) is 1.